The van der Waals surface area contributed by atoms with Crippen molar-refractivity contribution in [2.45, 2.75) is 34.1 Å². The summed E-state index contributed by atoms with van der Waals surface area (Å²) in [5.74, 6) is 0.819. The fourth-order valence-corrected chi connectivity index (χ4v) is 1.24. The molecule has 1 nitrogen and oxygen atoms in total. The van der Waals surface area contributed by atoms with Gasteiger partial charge < -0.3 is 4.90 Å². The van der Waals surface area contributed by atoms with E-state index in [2.05, 4.69) is 45.7 Å². The van der Waals surface area contributed by atoms with E-state index < -0.39 is 0 Å². The number of allylic oxidation sites excluding steroid dienone is 1. The Morgan fingerprint density at radius 1 is 1.50 bits per heavy atom. The van der Waals surface area contributed by atoms with Crippen LogP contribution in [0.1, 0.15) is 34.1 Å². The summed E-state index contributed by atoms with van der Waals surface area (Å²) in [4.78, 5) is 2.39. The summed E-state index contributed by atoms with van der Waals surface area (Å²) in [7, 11) is 2.19. The molecule has 0 aromatic heterocycles. The van der Waals surface area contributed by atoms with E-state index in [0.29, 0.717) is 0 Å². The Hall–Kier alpha value is -0.300. The second kappa shape index (κ2) is 6.24. The van der Waals surface area contributed by atoms with Crippen molar-refractivity contribution in [2.75, 3.05) is 20.1 Å². The Morgan fingerprint density at radius 2 is 2.08 bits per heavy atom. The second-order valence-corrected chi connectivity index (χ2v) is 3.85. The first-order valence-corrected chi connectivity index (χ1v) is 4.90. The molecule has 0 fully saturated rings. The average Bonchev–Trinajstić information content (AvgIpc) is 2.03. The SMILES string of the molecule is C/C=C(\C)CN(C)CC(C)CC. The fraction of sp³-hybridized carbons (Fsp3) is 0.818. The Kier molecular flexibility index (Phi) is 6.09. The summed E-state index contributed by atoms with van der Waals surface area (Å²) in [5.41, 5.74) is 1.46. The first-order chi connectivity index (χ1) is 5.60. The molecule has 0 N–H and O–H groups in total. The highest BCUT2D eigenvalue weighted by Crippen LogP contribution is 2.04. The van der Waals surface area contributed by atoms with Gasteiger partial charge in [0.1, 0.15) is 0 Å². The lowest BCUT2D eigenvalue weighted by molar-refractivity contribution is 0.302. The highest BCUT2D eigenvalue weighted by Gasteiger charge is 2.03. The lowest BCUT2D eigenvalue weighted by Gasteiger charge is -2.20. The Morgan fingerprint density at radius 3 is 2.50 bits per heavy atom. The van der Waals surface area contributed by atoms with E-state index in [9.17, 15) is 0 Å². The summed E-state index contributed by atoms with van der Waals surface area (Å²) in [6, 6.07) is 0. The highest BCUT2D eigenvalue weighted by molar-refractivity contribution is 4.97. The molecule has 0 aliphatic carbocycles. The maximum absolute atomic E-state index is 2.39. The van der Waals surface area contributed by atoms with Crippen molar-refractivity contribution in [3.8, 4) is 0 Å². The molecule has 0 spiro atoms. The first-order valence-electron chi connectivity index (χ1n) is 4.90. The Labute approximate surface area is 77.5 Å². The van der Waals surface area contributed by atoms with Crippen LogP contribution in [0.4, 0.5) is 0 Å². The number of nitrogens with zero attached hydrogens (tertiary/aromatic N) is 1. The van der Waals surface area contributed by atoms with E-state index >= 15 is 0 Å². The van der Waals surface area contributed by atoms with Gasteiger partial charge in [-0.05, 0) is 26.8 Å². The van der Waals surface area contributed by atoms with Crippen LogP contribution in [0, 0.1) is 5.92 Å². The third-order valence-electron chi connectivity index (χ3n) is 2.33. The Balaban J connectivity index is 3.66. The van der Waals surface area contributed by atoms with Crippen LogP contribution in [0.2, 0.25) is 0 Å². The van der Waals surface area contributed by atoms with Crippen LogP contribution in [0.3, 0.4) is 0 Å². The summed E-state index contributed by atoms with van der Waals surface area (Å²) in [5, 5.41) is 0. The molecule has 0 aromatic rings. The van der Waals surface area contributed by atoms with Crippen LogP contribution in [0.25, 0.3) is 0 Å². The largest absolute Gasteiger partial charge is 0.302 e. The zero-order valence-electron chi connectivity index (χ0n) is 9.22. The molecule has 0 heterocycles. The molecule has 0 aromatic carbocycles. The van der Waals surface area contributed by atoms with Crippen LogP contribution in [0.15, 0.2) is 11.6 Å². The van der Waals surface area contributed by atoms with Gasteiger partial charge in [0.25, 0.3) is 0 Å². The number of likely N-dealkylation sites (N-methyl/N-ethyl adjacent to an activating group) is 1. The van der Waals surface area contributed by atoms with Crippen molar-refractivity contribution in [3.63, 3.8) is 0 Å². The van der Waals surface area contributed by atoms with E-state index in [1.54, 1.807) is 0 Å². The monoisotopic (exact) mass is 169 g/mol. The van der Waals surface area contributed by atoms with Crippen LogP contribution in [-0.4, -0.2) is 25.0 Å². The van der Waals surface area contributed by atoms with E-state index in [1.807, 2.05) is 0 Å². The van der Waals surface area contributed by atoms with Gasteiger partial charge in [0.15, 0.2) is 0 Å². The minimum atomic E-state index is 0.819. The highest BCUT2D eigenvalue weighted by atomic mass is 15.1. The number of rotatable bonds is 5. The van der Waals surface area contributed by atoms with E-state index in [4.69, 9.17) is 0 Å². The molecule has 72 valence electrons. The minimum Gasteiger partial charge on any atom is -0.302 e. The smallest absolute Gasteiger partial charge is 0.0187 e. The molecular weight excluding hydrogens is 146 g/mol. The molecule has 0 rings (SSSR count). The van der Waals surface area contributed by atoms with Gasteiger partial charge in [-0.3, -0.25) is 0 Å². The van der Waals surface area contributed by atoms with E-state index in [0.717, 1.165) is 12.5 Å². The van der Waals surface area contributed by atoms with Crippen LogP contribution < -0.4 is 0 Å². The molecule has 0 bridgehead atoms. The Bertz CT molecular complexity index is 138. The van der Waals surface area contributed by atoms with Crippen LogP contribution in [-0.2, 0) is 0 Å². The summed E-state index contributed by atoms with van der Waals surface area (Å²) < 4.78 is 0. The van der Waals surface area contributed by atoms with Gasteiger partial charge in [-0.25, -0.2) is 0 Å². The normalized spacial score (nSPS) is 15.3. The molecule has 0 aliphatic heterocycles. The number of hydrogen-bond donors (Lipinski definition) is 0. The summed E-state index contributed by atoms with van der Waals surface area (Å²) in [6.45, 7) is 11.2. The average molecular weight is 169 g/mol. The molecule has 0 aliphatic rings. The molecule has 1 unspecified atom stereocenters. The quantitative estimate of drug-likeness (QED) is 0.572. The van der Waals surface area contributed by atoms with Gasteiger partial charge in [-0.2, -0.15) is 0 Å². The van der Waals surface area contributed by atoms with Crippen molar-refractivity contribution in [2.24, 2.45) is 5.92 Å². The fourth-order valence-electron chi connectivity index (χ4n) is 1.24. The van der Waals surface area contributed by atoms with Gasteiger partial charge >= 0.3 is 0 Å². The van der Waals surface area contributed by atoms with Crippen molar-refractivity contribution < 1.29 is 0 Å². The zero-order chi connectivity index (χ0) is 9.56. The topological polar surface area (TPSA) is 3.24 Å². The second-order valence-electron chi connectivity index (χ2n) is 3.85. The number of hydrogen-bond acceptors (Lipinski definition) is 1. The lowest BCUT2D eigenvalue weighted by Crippen LogP contribution is -2.25. The zero-order valence-corrected chi connectivity index (χ0v) is 9.22. The van der Waals surface area contributed by atoms with E-state index in [-0.39, 0.29) is 0 Å². The summed E-state index contributed by atoms with van der Waals surface area (Å²) in [6.07, 6.45) is 3.46. The minimum absolute atomic E-state index is 0.819. The molecule has 0 saturated heterocycles. The predicted octanol–water partition coefficient (Wildman–Crippen LogP) is 2.93. The van der Waals surface area contributed by atoms with Gasteiger partial charge in [0.2, 0.25) is 0 Å². The third kappa shape index (κ3) is 5.36. The first kappa shape index (κ1) is 11.7. The van der Waals surface area contributed by atoms with Crippen LogP contribution in [0.5, 0.6) is 0 Å². The van der Waals surface area contributed by atoms with Crippen molar-refractivity contribution in [1.82, 2.24) is 4.90 Å². The lowest BCUT2D eigenvalue weighted by atomic mass is 10.1. The van der Waals surface area contributed by atoms with Crippen molar-refractivity contribution in [1.29, 1.82) is 0 Å². The molecule has 0 radical (unpaired) electrons. The maximum atomic E-state index is 2.39. The van der Waals surface area contributed by atoms with Gasteiger partial charge in [0.05, 0.1) is 0 Å². The van der Waals surface area contributed by atoms with Gasteiger partial charge in [0, 0.05) is 13.1 Å². The maximum Gasteiger partial charge on any atom is 0.0187 e. The van der Waals surface area contributed by atoms with Crippen molar-refractivity contribution in [3.05, 3.63) is 11.6 Å². The molecule has 0 amide bonds. The van der Waals surface area contributed by atoms with Crippen molar-refractivity contribution >= 4 is 0 Å². The van der Waals surface area contributed by atoms with Gasteiger partial charge in [-0.1, -0.05) is 31.9 Å². The van der Waals surface area contributed by atoms with Gasteiger partial charge in [-0.15, -0.1) is 0 Å². The van der Waals surface area contributed by atoms with E-state index in [1.165, 1.54) is 18.5 Å². The molecule has 12 heavy (non-hydrogen) atoms. The molecule has 0 saturated carbocycles. The summed E-state index contributed by atoms with van der Waals surface area (Å²) >= 11 is 0. The van der Waals surface area contributed by atoms with Crippen LogP contribution >= 0.6 is 0 Å². The third-order valence-corrected chi connectivity index (χ3v) is 2.33. The molecular formula is C11H23N. The standard InChI is InChI=1S/C11H23N/c1-6-10(3)8-12(5)9-11(4)7-2/h6,11H,7-9H2,1-5H3/b10-6+. The predicted molar refractivity (Wildman–Crippen MR) is 56.4 cm³/mol. The molecule has 1 atom stereocenters. The molecule has 1 heteroatoms.